The highest BCUT2D eigenvalue weighted by Crippen LogP contribution is 2.32. The van der Waals surface area contributed by atoms with Crippen LogP contribution in [0.15, 0.2) is 30.3 Å². The van der Waals surface area contributed by atoms with Crippen molar-refractivity contribution < 1.29 is 23.8 Å². The third-order valence-electron chi connectivity index (χ3n) is 3.61. The van der Waals surface area contributed by atoms with Crippen molar-refractivity contribution in [1.29, 1.82) is 0 Å². The van der Waals surface area contributed by atoms with Gasteiger partial charge in [-0.25, -0.2) is 4.79 Å². The molecule has 1 aromatic carbocycles. The van der Waals surface area contributed by atoms with E-state index in [9.17, 15) is 9.59 Å². The SMILES string of the molecule is COC(CC(=O)OCC(C)(C)C)(C(=O)OCC(C)(C)C)c1ccccc1. The number of methoxy groups -OCH3 is 1. The van der Waals surface area contributed by atoms with Crippen LogP contribution in [0.4, 0.5) is 0 Å². The summed E-state index contributed by atoms with van der Waals surface area (Å²) >= 11 is 0. The first kappa shape index (κ1) is 22.2. The molecule has 0 radical (unpaired) electrons. The Morgan fingerprint density at radius 1 is 0.846 bits per heavy atom. The lowest BCUT2D eigenvalue weighted by atomic mass is 9.89. The van der Waals surface area contributed by atoms with Crippen molar-refractivity contribution in [2.45, 2.75) is 53.6 Å². The highest BCUT2D eigenvalue weighted by Gasteiger charge is 2.45. The van der Waals surface area contributed by atoms with Gasteiger partial charge in [-0.3, -0.25) is 4.79 Å². The fraction of sp³-hybridized carbons (Fsp3) is 0.619. The van der Waals surface area contributed by atoms with Crippen molar-refractivity contribution in [2.75, 3.05) is 20.3 Å². The van der Waals surface area contributed by atoms with E-state index >= 15 is 0 Å². The molecule has 0 aromatic heterocycles. The van der Waals surface area contributed by atoms with Gasteiger partial charge in [-0.15, -0.1) is 0 Å². The minimum atomic E-state index is -1.53. The van der Waals surface area contributed by atoms with Crippen LogP contribution < -0.4 is 0 Å². The van der Waals surface area contributed by atoms with E-state index in [4.69, 9.17) is 14.2 Å². The maximum atomic E-state index is 12.9. The van der Waals surface area contributed by atoms with E-state index in [1.54, 1.807) is 24.3 Å². The second kappa shape index (κ2) is 8.67. The van der Waals surface area contributed by atoms with Crippen LogP contribution in [0.2, 0.25) is 0 Å². The highest BCUT2D eigenvalue weighted by molar-refractivity contribution is 5.87. The van der Waals surface area contributed by atoms with Gasteiger partial charge in [0.15, 0.2) is 5.60 Å². The molecule has 0 fully saturated rings. The van der Waals surface area contributed by atoms with E-state index in [0.29, 0.717) is 5.56 Å². The summed E-state index contributed by atoms with van der Waals surface area (Å²) in [4.78, 5) is 25.4. The lowest BCUT2D eigenvalue weighted by Crippen LogP contribution is -2.43. The van der Waals surface area contributed by atoms with Crippen LogP contribution in [0.25, 0.3) is 0 Å². The summed E-state index contributed by atoms with van der Waals surface area (Å²) in [7, 11) is 1.41. The number of carbonyl (C=O) groups excluding carboxylic acids is 2. The molecule has 0 bridgehead atoms. The van der Waals surface area contributed by atoms with Crippen molar-refractivity contribution in [2.24, 2.45) is 10.8 Å². The zero-order valence-electron chi connectivity index (χ0n) is 17.0. The van der Waals surface area contributed by atoms with Crippen LogP contribution in [-0.4, -0.2) is 32.3 Å². The van der Waals surface area contributed by atoms with E-state index in [2.05, 4.69) is 0 Å². The van der Waals surface area contributed by atoms with Crippen LogP contribution in [0.1, 0.15) is 53.5 Å². The number of hydrogen-bond donors (Lipinski definition) is 0. The van der Waals surface area contributed by atoms with Gasteiger partial charge in [-0.2, -0.15) is 0 Å². The summed E-state index contributed by atoms with van der Waals surface area (Å²) in [5, 5.41) is 0. The maximum absolute atomic E-state index is 12.9. The van der Waals surface area contributed by atoms with E-state index in [-0.39, 0.29) is 30.5 Å². The summed E-state index contributed by atoms with van der Waals surface area (Å²) in [6, 6.07) is 8.92. The molecule has 1 rings (SSSR count). The first-order valence-corrected chi connectivity index (χ1v) is 8.83. The zero-order chi connectivity index (χ0) is 20.0. The predicted octanol–water partition coefficient (Wildman–Crippen LogP) is 4.10. The molecule has 0 heterocycles. The molecular weight excluding hydrogens is 332 g/mol. The van der Waals surface area contributed by atoms with Crippen molar-refractivity contribution in [1.82, 2.24) is 0 Å². The number of carbonyl (C=O) groups is 2. The first-order chi connectivity index (χ1) is 11.9. The summed E-state index contributed by atoms with van der Waals surface area (Å²) in [5.41, 5.74) is -1.32. The van der Waals surface area contributed by atoms with Gasteiger partial charge >= 0.3 is 11.9 Å². The van der Waals surface area contributed by atoms with Crippen LogP contribution in [0, 0.1) is 10.8 Å². The van der Waals surface area contributed by atoms with Gasteiger partial charge in [-0.1, -0.05) is 71.9 Å². The molecule has 0 aliphatic carbocycles. The van der Waals surface area contributed by atoms with E-state index in [1.165, 1.54) is 7.11 Å². The molecule has 0 aliphatic rings. The van der Waals surface area contributed by atoms with Gasteiger partial charge in [0.2, 0.25) is 0 Å². The Hall–Kier alpha value is -1.88. The quantitative estimate of drug-likeness (QED) is 0.682. The Morgan fingerprint density at radius 3 is 1.81 bits per heavy atom. The summed E-state index contributed by atoms with van der Waals surface area (Å²) in [5.74, 6) is -1.09. The average molecular weight is 364 g/mol. The van der Waals surface area contributed by atoms with Gasteiger partial charge in [0, 0.05) is 7.11 Å². The molecule has 5 nitrogen and oxygen atoms in total. The van der Waals surface area contributed by atoms with Crippen LogP contribution >= 0.6 is 0 Å². The van der Waals surface area contributed by atoms with Crippen LogP contribution in [0.3, 0.4) is 0 Å². The predicted molar refractivity (Wildman–Crippen MR) is 101 cm³/mol. The summed E-state index contributed by atoms with van der Waals surface area (Å²) in [6.07, 6.45) is -0.243. The van der Waals surface area contributed by atoms with E-state index in [0.717, 1.165) is 0 Å². The Morgan fingerprint density at radius 2 is 1.35 bits per heavy atom. The minimum absolute atomic E-state index is 0.162. The Labute approximate surface area is 157 Å². The smallest absolute Gasteiger partial charge is 0.343 e. The zero-order valence-corrected chi connectivity index (χ0v) is 17.0. The molecule has 0 saturated carbocycles. The standard InChI is InChI=1S/C21H32O5/c1-19(2,3)14-25-17(22)13-21(24-7,16-11-9-8-10-12-16)18(23)26-15-20(4,5)6/h8-12H,13-15H2,1-7H3. The monoisotopic (exact) mass is 364 g/mol. The van der Waals surface area contributed by atoms with Crippen LogP contribution in [0.5, 0.6) is 0 Å². The number of ether oxygens (including phenoxy) is 3. The maximum Gasteiger partial charge on any atom is 0.343 e. The molecule has 1 aromatic rings. The van der Waals surface area contributed by atoms with E-state index in [1.807, 2.05) is 47.6 Å². The van der Waals surface area contributed by atoms with E-state index < -0.39 is 17.5 Å². The van der Waals surface area contributed by atoms with Gasteiger partial charge in [-0.05, 0) is 16.4 Å². The summed E-state index contributed by atoms with van der Waals surface area (Å²) in [6.45, 7) is 12.3. The highest BCUT2D eigenvalue weighted by atomic mass is 16.6. The van der Waals surface area contributed by atoms with Gasteiger partial charge < -0.3 is 14.2 Å². The molecule has 0 amide bonds. The Balaban J connectivity index is 3.08. The average Bonchev–Trinajstić information content (AvgIpc) is 2.55. The molecule has 146 valence electrons. The first-order valence-electron chi connectivity index (χ1n) is 8.83. The molecule has 1 atom stereocenters. The van der Waals surface area contributed by atoms with Gasteiger partial charge in [0.05, 0.1) is 19.6 Å². The lowest BCUT2D eigenvalue weighted by molar-refractivity contribution is -0.181. The third-order valence-corrected chi connectivity index (χ3v) is 3.61. The minimum Gasteiger partial charge on any atom is -0.465 e. The molecule has 1 unspecified atom stereocenters. The molecule has 26 heavy (non-hydrogen) atoms. The fourth-order valence-electron chi connectivity index (χ4n) is 2.22. The molecule has 0 saturated heterocycles. The molecule has 0 N–H and O–H groups in total. The lowest BCUT2D eigenvalue weighted by Gasteiger charge is -2.31. The topological polar surface area (TPSA) is 61.8 Å². The van der Waals surface area contributed by atoms with Crippen molar-refractivity contribution in [3.05, 3.63) is 35.9 Å². The molecule has 5 heteroatoms. The van der Waals surface area contributed by atoms with Crippen molar-refractivity contribution in [3.63, 3.8) is 0 Å². The number of rotatable bonds is 7. The molecule has 0 spiro atoms. The van der Waals surface area contributed by atoms with Crippen molar-refractivity contribution >= 4 is 11.9 Å². The number of benzene rings is 1. The number of esters is 2. The normalized spacial score (nSPS) is 14.4. The Kier molecular flexibility index (Phi) is 7.39. The molecule has 0 aliphatic heterocycles. The second-order valence-electron chi connectivity index (χ2n) is 8.93. The fourth-order valence-corrected chi connectivity index (χ4v) is 2.22. The second-order valence-corrected chi connectivity index (χ2v) is 8.93. The van der Waals surface area contributed by atoms with Crippen molar-refractivity contribution in [3.8, 4) is 0 Å². The largest absolute Gasteiger partial charge is 0.465 e. The van der Waals surface area contributed by atoms with Gasteiger partial charge in [0.25, 0.3) is 0 Å². The summed E-state index contributed by atoms with van der Waals surface area (Å²) < 4.78 is 16.4. The van der Waals surface area contributed by atoms with Crippen LogP contribution in [-0.2, 0) is 29.4 Å². The van der Waals surface area contributed by atoms with Gasteiger partial charge in [0.1, 0.15) is 0 Å². The Bertz CT molecular complexity index is 595. The third kappa shape index (κ3) is 6.79. The number of hydrogen-bond acceptors (Lipinski definition) is 5. The molecular formula is C21H32O5.